The molecule has 0 heterocycles. The van der Waals surface area contributed by atoms with Gasteiger partial charge in [-0.25, -0.2) is 0 Å². The normalized spacial score (nSPS) is 8.57. The molecule has 0 aromatic carbocycles. The van der Waals surface area contributed by atoms with Crippen molar-refractivity contribution >= 4 is 66.6 Å². The number of hydrogen-bond donors (Lipinski definition) is 4. The largest absolute Gasteiger partial charge is 1.00 e. The summed E-state index contributed by atoms with van der Waals surface area (Å²) in [6.45, 7) is 0. The molecule has 0 spiro atoms. The maximum atomic E-state index is 7.33. The minimum atomic E-state index is -4.61. The molecule has 0 aliphatic heterocycles. The molecular weight excluding hydrogens is 202 g/mol. The quantitative estimate of drug-likeness (QED) is 0.308. The van der Waals surface area contributed by atoms with Gasteiger partial charge < -0.3 is 22.0 Å². The van der Waals surface area contributed by atoms with Gasteiger partial charge in [-0.05, 0) is 0 Å². The molecule has 0 aliphatic carbocycles. The van der Waals surface area contributed by atoms with Crippen LogP contribution in [-0.4, -0.2) is 85.8 Å². The average molecular weight is 211 g/mol. The molecule has 0 saturated heterocycles. The van der Waals surface area contributed by atoms with Crippen LogP contribution < -0.4 is 0 Å². The van der Waals surface area contributed by atoms with E-state index in [2.05, 4.69) is 0 Å². The Balaban J connectivity index is -0.0000000133. The molecule has 0 rings (SSSR count). The SMILES string of the molecule is O[Si](O)(O)O.[Ca+2].[GaH3].[H-].[H-]. The first kappa shape index (κ1) is 16.0. The van der Waals surface area contributed by atoms with Gasteiger partial charge in [-0.15, -0.1) is 0 Å². The van der Waals surface area contributed by atoms with Gasteiger partial charge in [0, 0.05) is 0 Å². The molecule has 0 saturated carbocycles. The summed E-state index contributed by atoms with van der Waals surface area (Å²) in [6, 6.07) is 0. The van der Waals surface area contributed by atoms with Crippen LogP contribution in [0.5, 0.6) is 0 Å². The van der Waals surface area contributed by atoms with Crippen molar-refractivity contribution in [3.8, 4) is 0 Å². The summed E-state index contributed by atoms with van der Waals surface area (Å²) < 4.78 is 0. The summed E-state index contributed by atoms with van der Waals surface area (Å²) in [5.41, 5.74) is 0. The van der Waals surface area contributed by atoms with Gasteiger partial charge in [0.25, 0.3) is 0 Å². The van der Waals surface area contributed by atoms with Crippen LogP contribution in [0.1, 0.15) is 2.85 Å². The van der Waals surface area contributed by atoms with Gasteiger partial charge in [0.05, 0.1) is 0 Å². The Morgan fingerprint density at radius 1 is 1.00 bits per heavy atom. The fourth-order valence-electron chi connectivity index (χ4n) is 0. The van der Waals surface area contributed by atoms with E-state index >= 15 is 0 Å². The zero-order valence-corrected chi connectivity index (χ0v) is 6.20. The minimum Gasteiger partial charge on any atom is -1.00 e. The molecule has 42 valence electrons. The Bertz CT molecular complexity index is 34.0. The second-order valence-corrected chi connectivity index (χ2v) is 1.80. The fraction of sp³-hybridized carbons (Fsp3) is 0. The first-order valence-electron chi connectivity index (χ1n) is 0.894. The van der Waals surface area contributed by atoms with Crippen molar-refractivity contribution in [3.05, 3.63) is 0 Å². The maximum Gasteiger partial charge on any atom is -1.00 e. The molecule has 7 heteroatoms. The van der Waals surface area contributed by atoms with Crippen molar-refractivity contribution in [2.45, 2.75) is 0 Å². The molecule has 4 N–H and O–H groups in total. The molecule has 0 atom stereocenters. The summed E-state index contributed by atoms with van der Waals surface area (Å²) in [5, 5.41) is 0. The summed E-state index contributed by atoms with van der Waals surface area (Å²) in [7, 11) is -4.61. The van der Waals surface area contributed by atoms with E-state index in [4.69, 9.17) is 19.2 Å². The third kappa shape index (κ3) is 73.9. The molecular formula is H9CaGaO4Si. The number of hydrogen-bond acceptors (Lipinski definition) is 4. The predicted molar refractivity (Wildman–Crippen MR) is 32.5 cm³/mol. The zero-order chi connectivity index (χ0) is 4.50. The predicted octanol–water partition coefficient (Wildman–Crippen LogP) is -3.95. The summed E-state index contributed by atoms with van der Waals surface area (Å²) in [6.07, 6.45) is 0. The van der Waals surface area contributed by atoms with Crippen molar-refractivity contribution in [1.82, 2.24) is 0 Å². The monoisotopic (exact) mass is 210 g/mol. The molecule has 0 radical (unpaired) electrons. The Morgan fingerprint density at radius 2 is 1.00 bits per heavy atom. The van der Waals surface area contributed by atoms with E-state index in [-0.39, 0.29) is 60.4 Å². The van der Waals surface area contributed by atoms with Crippen LogP contribution in [0.3, 0.4) is 0 Å². The Kier molecular flexibility index (Phi) is 13.9. The van der Waals surface area contributed by atoms with Gasteiger partial charge in [0.1, 0.15) is 0 Å². The smallest absolute Gasteiger partial charge is 1.00 e. The van der Waals surface area contributed by atoms with Gasteiger partial charge in [-0.1, -0.05) is 0 Å². The first-order valence-corrected chi connectivity index (χ1v) is 2.68. The van der Waals surface area contributed by atoms with Crippen molar-refractivity contribution in [2.75, 3.05) is 0 Å². The fourth-order valence-corrected chi connectivity index (χ4v) is 0. The van der Waals surface area contributed by atoms with Crippen LogP contribution in [-0.2, 0) is 0 Å². The molecule has 7 heavy (non-hydrogen) atoms. The molecule has 0 aromatic heterocycles. The third-order valence-electron chi connectivity index (χ3n) is 0. The standard InChI is InChI=1S/Ca.Ga.H4O4Si.5H/c;;1-5(2,3)4;;;;;/h;;1-4H;;;;;/q+2;;;;;;2*-1. The van der Waals surface area contributed by atoms with E-state index in [1.165, 1.54) is 0 Å². The molecule has 0 unspecified atom stereocenters. The topological polar surface area (TPSA) is 80.9 Å². The van der Waals surface area contributed by atoms with Gasteiger partial charge in [-0.3, -0.25) is 0 Å². The van der Waals surface area contributed by atoms with E-state index in [1.807, 2.05) is 0 Å². The van der Waals surface area contributed by atoms with Crippen LogP contribution in [0.4, 0.5) is 0 Å². The molecule has 0 bridgehead atoms. The van der Waals surface area contributed by atoms with Gasteiger partial charge in [0.2, 0.25) is 0 Å². The molecule has 0 aliphatic rings. The second kappa shape index (κ2) is 6.08. The van der Waals surface area contributed by atoms with Crippen LogP contribution in [0.15, 0.2) is 0 Å². The molecule has 0 amide bonds. The van der Waals surface area contributed by atoms with Crippen LogP contribution in [0, 0.1) is 0 Å². The van der Waals surface area contributed by atoms with Gasteiger partial charge in [-0.2, -0.15) is 0 Å². The van der Waals surface area contributed by atoms with Crippen LogP contribution in [0.2, 0.25) is 0 Å². The minimum absolute atomic E-state index is 0. The molecule has 0 fully saturated rings. The van der Waals surface area contributed by atoms with Crippen LogP contribution >= 0.6 is 0 Å². The van der Waals surface area contributed by atoms with E-state index in [9.17, 15) is 0 Å². The molecule has 0 aromatic rings. The van der Waals surface area contributed by atoms with Crippen molar-refractivity contribution < 1.29 is 22.0 Å². The van der Waals surface area contributed by atoms with Gasteiger partial charge >= 0.3 is 66.6 Å². The van der Waals surface area contributed by atoms with Crippen molar-refractivity contribution in [3.63, 3.8) is 0 Å². The van der Waals surface area contributed by atoms with E-state index in [1.54, 1.807) is 0 Å². The van der Waals surface area contributed by atoms with E-state index < -0.39 is 9.05 Å². The third-order valence-corrected chi connectivity index (χ3v) is 0. The first-order chi connectivity index (χ1) is 2.00. The second-order valence-electron chi connectivity index (χ2n) is 0.600. The van der Waals surface area contributed by atoms with Crippen molar-refractivity contribution in [1.29, 1.82) is 0 Å². The Morgan fingerprint density at radius 3 is 1.00 bits per heavy atom. The molecule has 4 nitrogen and oxygen atoms in total. The van der Waals surface area contributed by atoms with E-state index in [0.717, 1.165) is 0 Å². The maximum absolute atomic E-state index is 7.33. The number of rotatable bonds is 0. The summed E-state index contributed by atoms with van der Waals surface area (Å²) >= 11 is 0. The van der Waals surface area contributed by atoms with Gasteiger partial charge in [0.15, 0.2) is 0 Å². The van der Waals surface area contributed by atoms with E-state index in [0.29, 0.717) is 0 Å². The van der Waals surface area contributed by atoms with Crippen molar-refractivity contribution in [2.24, 2.45) is 0 Å². The Labute approximate surface area is 87.7 Å². The average Bonchev–Trinajstić information content (AvgIpc) is 0.722. The summed E-state index contributed by atoms with van der Waals surface area (Å²) in [4.78, 5) is 29.3. The summed E-state index contributed by atoms with van der Waals surface area (Å²) in [5.74, 6) is 0. The van der Waals surface area contributed by atoms with Crippen LogP contribution in [0.25, 0.3) is 0 Å². The Hall–Kier alpha value is 1.95. The zero-order valence-electron chi connectivity index (χ0n) is 5.00.